The third kappa shape index (κ3) is 6.07. The van der Waals surface area contributed by atoms with Crippen LogP contribution in [0.3, 0.4) is 0 Å². The fourth-order valence-corrected chi connectivity index (χ4v) is 2.11. The van der Waals surface area contributed by atoms with Crippen molar-refractivity contribution < 1.29 is 14.3 Å². The van der Waals surface area contributed by atoms with Gasteiger partial charge in [-0.3, -0.25) is 9.59 Å². The normalized spacial score (nSPS) is 9.89. The molecule has 0 saturated heterocycles. The standard InChI is InChI=1S/C12H14BrNO3S/c1-2-17-12(16)7-14-11(15)8-18-10-5-3-9(13)4-6-10/h3-6H,2,7-8H2,1H3,(H,14,15). The van der Waals surface area contributed by atoms with Crippen molar-refractivity contribution >= 4 is 39.6 Å². The van der Waals surface area contributed by atoms with Gasteiger partial charge < -0.3 is 10.1 Å². The Morgan fingerprint density at radius 1 is 1.33 bits per heavy atom. The number of hydrogen-bond donors (Lipinski definition) is 1. The van der Waals surface area contributed by atoms with Crippen LogP contribution in [0.4, 0.5) is 0 Å². The van der Waals surface area contributed by atoms with E-state index in [1.807, 2.05) is 24.3 Å². The summed E-state index contributed by atoms with van der Waals surface area (Å²) in [5, 5.41) is 2.51. The summed E-state index contributed by atoms with van der Waals surface area (Å²) < 4.78 is 5.70. The van der Waals surface area contributed by atoms with Gasteiger partial charge in [-0.1, -0.05) is 15.9 Å². The maximum atomic E-state index is 11.4. The second kappa shape index (κ2) is 8.16. The molecule has 0 spiro atoms. The van der Waals surface area contributed by atoms with Crippen molar-refractivity contribution in [2.45, 2.75) is 11.8 Å². The zero-order valence-corrected chi connectivity index (χ0v) is 12.3. The Balaban J connectivity index is 2.24. The van der Waals surface area contributed by atoms with Crippen LogP contribution in [-0.4, -0.2) is 30.8 Å². The lowest BCUT2D eigenvalue weighted by Crippen LogP contribution is -2.31. The van der Waals surface area contributed by atoms with Crippen LogP contribution in [0.2, 0.25) is 0 Å². The van der Waals surface area contributed by atoms with Crippen LogP contribution in [-0.2, 0) is 14.3 Å². The van der Waals surface area contributed by atoms with Crippen molar-refractivity contribution in [3.63, 3.8) is 0 Å². The van der Waals surface area contributed by atoms with Crippen molar-refractivity contribution in [3.05, 3.63) is 28.7 Å². The summed E-state index contributed by atoms with van der Waals surface area (Å²) in [5.41, 5.74) is 0. The molecule has 0 aliphatic carbocycles. The lowest BCUT2D eigenvalue weighted by molar-refractivity contribution is -0.143. The molecule has 0 radical (unpaired) electrons. The van der Waals surface area contributed by atoms with Gasteiger partial charge in [0.25, 0.3) is 0 Å². The van der Waals surface area contributed by atoms with Crippen LogP contribution in [0.15, 0.2) is 33.6 Å². The molecule has 0 fully saturated rings. The molecule has 4 nitrogen and oxygen atoms in total. The molecule has 98 valence electrons. The van der Waals surface area contributed by atoms with E-state index in [1.165, 1.54) is 11.8 Å². The van der Waals surface area contributed by atoms with E-state index in [-0.39, 0.29) is 18.2 Å². The molecule has 0 aliphatic heterocycles. The van der Waals surface area contributed by atoms with Gasteiger partial charge in [-0.2, -0.15) is 0 Å². The van der Waals surface area contributed by atoms with Gasteiger partial charge in [-0.05, 0) is 31.2 Å². The number of halogens is 1. The smallest absolute Gasteiger partial charge is 0.325 e. The van der Waals surface area contributed by atoms with Gasteiger partial charge >= 0.3 is 5.97 Å². The highest BCUT2D eigenvalue weighted by Gasteiger charge is 2.06. The third-order valence-electron chi connectivity index (χ3n) is 1.92. The van der Waals surface area contributed by atoms with Gasteiger partial charge in [0.15, 0.2) is 0 Å². The second-order valence-corrected chi connectivity index (χ2v) is 5.29. The molecule has 0 aromatic heterocycles. The average Bonchev–Trinajstić information content (AvgIpc) is 2.36. The average molecular weight is 332 g/mol. The molecule has 1 N–H and O–H groups in total. The van der Waals surface area contributed by atoms with Gasteiger partial charge in [-0.25, -0.2) is 0 Å². The Morgan fingerprint density at radius 2 is 2.00 bits per heavy atom. The van der Waals surface area contributed by atoms with Gasteiger partial charge in [0.05, 0.1) is 12.4 Å². The van der Waals surface area contributed by atoms with E-state index < -0.39 is 5.97 Å². The first-order valence-corrected chi connectivity index (χ1v) is 7.20. The maximum Gasteiger partial charge on any atom is 0.325 e. The van der Waals surface area contributed by atoms with E-state index in [4.69, 9.17) is 4.74 Å². The maximum absolute atomic E-state index is 11.4. The van der Waals surface area contributed by atoms with E-state index in [1.54, 1.807) is 6.92 Å². The number of thioether (sulfide) groups is 1. The summed E-state index contributed by atoms with van der Waals surface area (Å²) in [6.45, 7) is 1.97. The minimum atomic E-state index is -0.417. The summed E-state index contributed by atoms with van der Waals surface area (Å²) in [5.74, 6) is -0.323. The number of ether oxygens (including phenoxy) is 1. The summed E-state index contributed by atoms with van der Waals surface area (Å²) >= 11 is 4.76. The van der Waals surface area contributed by atoms with E-state index in [0.717, 1.165) is 9.37 Å². The predicted molar refractivity (Wildman–Crippen MR) is 74.5 cm³/mol. The highest BCUT2D eigenvalue weighted by Crippen LogP contribution is 2.20. The van der Waals surface area contributed by atoms with Crippen molar-refractivity contribution in [1.29, 1.82) is 0 Å². The third-order valence-corrected chi connectivity index (χ3v) is 3.46. The Labute approximate surface area is 119 Å². The van der Waals surface area contributed by atoms with Crippen LogP contribution in [0, 0.1) is 0 Å². The molecule has 0 aliphatic rings. The number of benzene rings is 1. The zero-order chi connectivity index (χ0) is 13.4. The topological polar surface area (TPSA) is 55.4 Å². The lowest BCUT2D eigenvalue weighted by Gasteiger charge is -2.05. The summed E-state index contributed by atoms with van der Waals surface area (Å²) in [4.78, 5) is 23.5. The Kier molecular flexibility index (Phi) is 6.82. The molecule has 18 heavy (non-hydrogen) atoms. The first-order chi connectivity index (χ1) is 8.61. The molecule has 0 atom stereocenters. The molecule has 1 aromatic rings. The van der Waals surface area contributed by atoms with Crippen molar-refractivity contribution in [2.24, 2.45) is 0 Å². The molecule has 0 saturated carbocycles. The van der Waals surface area contributed by atoms with Crippen molar-refractivity contribution in [1.82, 2.24) is 5.32 Å². The molecule has 1 amide bonds. The van der Waals surface area contributed by atoms with Crippen LogP contribution in [0.1, 0.15) is 6.92 Å². The van der Waals surface area contributed by atoms with Gasteiger partial charge in [0.2, 0.25) is 5.91 Å². The monoisotopic (exact) mass is 331 g/mol. The molecule has 0 bridgehead atoms. The molecule has 1 rings (SSSR count). The molecule has 6 heteroatoms. The highest BCUT2D eigenvalue weighted by atomic mass is 79.9. The number of esters is 1. The lowest BCUT2D eigenvalue weighted by atomic mass is 10.4. The number of carbonyl (C=O) groups excluding carboxylic acids is 2. The summed E-state index contributed by atoms with van der Waals surface area (Å²) in [7, 11) is 0. The minimum absolute atomic E-state index is 0.0758. The number of carbonyl (C=O) groups is 2. The van der Waals surface area contributed by atoms with Gasteiger partial charge in [0, 0.05) is 9.37 Å². The minimum Gasteiger partial charge on any atom is -0.465 e. The Bertz CT molecular complexity index is 408. The van der Waals surface area contributed by atoms with E-state index in [0.29, 0.717) is 6.61 Å². The van der Waals surface area contributed by atoms with Crippen molar-refractivity contribution in [3.8, 4) is 0 Å². The van der Waals surface area contributed by atoms with Gasteiger partial charge in [-0.15, -0.1) is 11.8 Å². The second-order valence-electron chi connectivity index (χ2n) is 3.32. The molecular formula is C12H14BrNO3S. The highest BCUT2D eigenvalue weighted by molar-refractivity contribution is 9.10. The first-order valence-electron chi connectivity index (χ1n) is 5.42. The largest absolute Gasteiger partial charge is 0.465 e. The molecule has 0 unspecified atom stereocenters. The fraction of sp³-hybridized carbons (Fsp3) is 0.333. The van der Waals surface area contributed by atoms with Crippen LogP contribution < -0.4 is 5.32 Å². The predicted octanol–water partition coefficient (Wildman–Crippen LogP) is 2.22. The number of rotatable bonds is 6. The van der Waals surface area contributed by atoms with Crippen LogP contribution >= 0.6 is 27.7 Å². The molecular weight excluding hydrogens is 318 g/mol. The van der Waals surface area contributed by atoms with Crippen LogP contribution in [0.5, 0.6) is 0 Å². The Hall–Kier alpha value is -1.01. The van der Waals surface area contributed by atoms with Crippen LogP contribution in [0.25, 0.3) is 0 Å². The Morgan fingerprint density at radius 3 is 2.61 bits per heavy atom. The molecule has 1 aromatic carbocycles. The quantitative estimate of drug-likeness (QED) is 0.641. The zero-order valence-electron chi connectivity index (χ0n) is 9.94. The molecule has 0 heterocycles. The SMILES string of the molecule is CCOC(=O)CNC(=O)CSc1ccc(Br)cc1. The number of amides is 1. The first kappa shape index (κ1) is 15.0. The summed E-state index contributed by atoms with van der Waals surface area (Å²) in [6, 6.07) is 7.68. The number of nitrogens with one attached hydrogen (secondary N) is 1. The summed E-state index contributed by atoms with van der Waals surface area (Å²) in [6.07, 6.45) is 0. The van der Waals surface area contributed by atoms with Crippen molar-refractivity contribution in [2.75, 3.05) is 18.9 Å². The van der Waals surface area contributed by atoms with Gasteiger partial charge in [0.1, 0.15) is 6.54 Å². The van der Waals surface area contributed by atoms with E-state index in [2.05, 4.69) is 21.2 Å². The number of hydrogen-bond acceptors (Lipinski definition) is 4. The van der Waals surface area contributed by atoms with E-state index >= 15 is 0 Å². The van der Waals surface area contributed by atoms with E-state index in [9.17, 15) is 9.59 Å². The fourth-order valence-electron chi connectivity index (χ4n) is 1.11.